The Morgan fingerprint density at radius 2 is 1.85 bits per heavy atom. The summed E-state index contributed by atoms with van der Waals surface area (Å²) in [5.74, 6) is -1.37. The van der Waals surface area contributed by atoms with E-state index in [4.69, 9.17) is 0 Å². The maximum Gasteiger partial charge on any atom is 0.249 e. The van der Waals surface area contributed by atoms with Crippen LogP contribution in [-0.4, -0.2) is 24.6 Å². The lowest BCUT2D eigenvalue weighted by Gasteiger charge is -2.03. The summed E-state index contributed by atoms with van der Waals surface area (Å²) in [6, 6.07) is 12.3. The quantitative estimate of drug-likeness (QED) is 0.627. The van der Waals surface area contributed by atoms with Gasteiger partial charge < -0.3 is 4.57 Å². The third kappa shape index (κ3) is 3.91. The van der Waals surface area contributed by atoms with Crippen molar-refractivity contribution >= 4 is 37.3 Å². The molecule has 0 unspecified atom stereocenters. The van der Waals surface area contributed by atoms with Crippen LogP contribution in [0.4, 0.5) is 4.39 Å². The summed E-state index contributed by atoms with van der Waals surface area (Å²) in [5, 5.41) is 0. The van der Waals surface area contributed by atoms with Crippen molar-refractivity contribution in [1.82, 2.24) is 4.57 Å². The molecule has 0 atom stereocenters. The zero-order valence-corrected chi connectivity index (χ0v) is 15.7. The molecule has 0 saturated carbocycles. The van der Waals surface area contributed by atoms with Gasteiger partial charge >= 0.3 is 0 Å². The van der Waals surface area contributed by atoms with Crippen molar-refractivity contribution in [2.75, 3.05) is 5.75 Å². The number of fused-ring (bicyclic) bond motifs is 1. The molecule has 3 aromatic rings. The summed E-state index contributed by atoms with van der Waals surface area (Å²) in [7, 11) is -3.66. The molecule has 0 aliphatic carbocycles. The number of benzene rings is 2. The number of hydrogen-bond donors (Lipinski definition) is 0. The fraction of sp³-hybridized carbons (Fsp3) is 0.222. The van der Waals surface area contributed by atoms with E-state index < -0.39 is 21.6 Å². The first kappa shape index (κ1) is 18.5. The average molecular weight is 392 g/mol. The van der Waals surface area contributed by atoms with Crippen LogP contribution in [0.1, 0.15) is 13.3 Å². The van der Waals surface area contributed by atoms with Crippen LogP contribution >= 0.6 is 11.3 Å². The van der Waals surface area contributed by atoms with Crippen molar-refractivity contribution in [3.05, 3.63) is 59.1 Å². The molecule has 0 saturated heterocycles. The van der Waals surface area contributed by atoms with E-state index in [2.05, 4.69) is 4.99 Å². The number of sulfone groups is 1. The summed E-state index contributed by atoms with van der Waals surface area (Å²) < 4.78 is 40.4. The lowest BCUT2D eigenvalue weighted by molar-refractivity contribution is -0.117. The minimum absolute atomic E-state index is 0.00261. The van der Waals surface area contributed by atoms with E-state index in [9.17, 15) is 17.6 Å². The van der Waals surface area contributed by atoms with Crippen molar-refractivity contribution in [1.29, 1.82) is 0 Å². The Morgan fingerprint density at radius 1 is 1.15 bits per heavy atom. The summed E-state index contributed by atoms with van der Waals surface area (Å²) in [6.45, 7) is 2.62. The second-order valence-electron chi connectivity index (χ2n) is 5.62. The molecule has 2 aromatic carbocycles. The van der Waals surface area contributed by atoms with Gasteiger partial charge in [-0.15, -0.1) is 0 Å². The van der Waals surface area contributed by atoms with Gasteiger partial charge in [0.25, 0.3) is 0 Å². The maximum atomic E-state index is 12.9. The number of carbonyl (C=O) groups excluding carboxylic acids is 1. The van der Waals surface area contributed by atoms with Gasteiger partial charge in [0.15, 0.2) is 14.6 Å². The highest BCUT2D eigenvalue weighted by molar-refractivity contribution is 7.91. The Balaban J connectivity index is 1.81. The number of halogens is 1. The maximum absolute atomic E-state index is 12.9. The van der Waals surface area contributed by atoms with Gasteiger partial charge in [0.1, 0.15) is 5.82 Å². The number of amides is 1. The summed E-state index contributed by atoms with van der Waals surface area (Å²) in [6.07, 6.45) is -0.225. The van der Waals surface area contributed by atoms with E-state index in [0.717, 1.165) is 22.3 Å². The molecule has 0 spiro atoms. The summed E-state index contributed by atoms with van der Waals surface area (Å²) in [5.41, 5.74) is 0.991. The van der Waals surface area contributed by atoms with Crippen molar-refractivity contribution in [2.24, 2.45) is 4.99 Å². The van der Waals surface area contributed by atoms with Crippen molar-refractivity contribution < 1.29 is 17.6 Å². The highest BCUT2D eigenvalue weighted by Crippen LogP contribution is 2.17. The number of aryl methyl sites for hydroxylation is 1. The molecule has 1 heterocycles. The Bertz CT molecular complexity index is 1110. The topological polar surface area (TPSA) is 68.5 Å². The van der Waals surface area contributed by atoms with Crippen LogP contribution in [0.25, 0.3) is 10.2 Å². The van der Waals surface area contributed by atoms with Crippen molar-refractivity contribution in [3.8, 4) is 0 Å². The van der Waals surface area contributed by atoms with E-state index in [1.807, 2.05) is 35.8 Å². The molecule has 0 aliphatic heterocycles. The molecule has 0 radical (unpaired) electrons. The molecule has 3 rings (SSSR count). The van der Waals surface area contributed by atoms with Gasteiger partial charge in [-0.1, -0.05) is 23.5 Å². The molecule has 0 aliphatic rings. The van der Waals surface area contributed by atoms with Crippen LogP contribution in [0.3, 0.4) is 0 Å². The normalized spacial score (nSPS) is 12.6. The first-order valence-electron chi connectivity index (χ1n) is 8.05. The lowest BCUT2D eigenvalue weighted by atomic mass is 10.3. The van der Waals surface area contributed by atoms with Crippen LogP contribution in [-0.2, 0) is 21.2 Å². The van der Waals surface area contributed by atoms with Gasteiger partial charge in [-0.25, -0.2) is 12.8 Å². The SMILES string of the molecule is CCn1c(=NC(=O)CCS(=O)(=O)c2ccc(F)cc2)sc2ccccc21. The van der Waals surface area contributed by atoms with Crippen LogP contribution in [0.5, 0.6) is 0 Å². The van der Waals surface area contributed by atoms with Crippen LogP contribution < -0.4 is 4.80 Å². The van der Waals surface area contributed by atoms with Gasteiger partial charge in [0.2, 0.25) is 5.91 Å². The van der Waals surface area contributed by atoms with Crippen LogP contribution in [0.2, 0.25) is 0 Å². The predicted molar refractivity (Wildman–Crippen MR) is 99.1 cm³/mol. The average Bonchev–Trinajstić information content (AvgIpc) is 2.97. The van der Waals surface area contributed by atoms with E-state index >= 15 is 0 Å². The highest BCUT2D eigenvalue weighted by atomic mass is 32.2. The number of nitrogens with zero attached hydrogens (tertiary/aromatic N) is 2. The van der Waals surface area contributed by atoms with Crippen LogP contribution in [0, 0.1) is 5.82 Å². The highest BCUT2D eigenvalue weighted by Gasteiger charge is 2.16. The van der Waals surface area contributed by atoms with Gasteiger partial charge in [0, 0.05) is 13.0 Å². The smallest absolute Gasteiger partial charge is 0.249 e. The molecule has 1 amide bonds. The third-order valence-corrected chi connectivity index (χ3v) is 6.67. The van der Waals surface area contributed by atoms with Crippen molar-refractivity contribution in [2.45, 2.75) is 24.8 Å². The van der Waals surface area contributed by atoms with Gasteiger partial charge in [-0.2, -0.15) is 4.99 Å². The molecule has 8 heteroatoms. The summed E-state index contributed by atoms with van der Waals surface area (Å²) in [4.78, 5) is 16.8. The monoisotopic (exact) mass is 392 g/mol. The first-order valence-corrected chi connectivity index (χ1v) is 10.5. The Hall–Kier alpha value is -2.32. The minimum atomic E-state index is -3.66. The van der Waals surface area contributed by atoms with Crippen LogP contribution in [0.15, 0.2) is 58.4 Å². The predicted octanol–water partition coefficient (Wildman–Crippen LogP) is 3.15. The fourth-order valence-electron chi connectivity index (χ4n) is 2.56. The second kappa shape index (κ2) is 7.51. The van der Waals surface area contributed by atoms with Crippen molar-refractivity contribution in [3.63, 3.8) is 0 Å². The Labute approximate surface area is 154 Å². The van der Waals surface area contributed by atoms with E-state index in [1.165, 1.54) is 23.5 Å². The molecule has 5 nitrogen and oxygen atoms in total. The van der Waals surface area contributed by atoms with E-state index in [1.54, 1.807) is 0 Å². The second-order valence-corrected chi connectivity index (χ2v) is 8.74. The largest absolute Gasteiger partial charge is 0.317 e. The zero-order chi connectivity index (χ0) is 18.7. The number of rotatable bonds is 5. The number of aromatic nitrogens is 1. The van der Waals surface area contributed by atoms with E-state index in [0.29, 0.717) is 11.3 Å². The zero-order valence-electron chi connectivity index (χ0n) is 14.1. The molecule has 136 valence electrons. The number of hydrogen-bond acceptors (Lipinski definition) is 4. The third-order valence-electron chi connectivity index (χ3n) is 3.88. The number of thiazole rings is 1. The number of carbonyl (C=O) groups is 1. The molecule has 0 fully saturated rings. The fourth-order valence-corrected chi connectivity index (χ4v) is 4.90. The molecular formula is C18H17FN2O3S2. The van der Waals surface area contributed by atoms with E-state index in [-0.39, 0.29) is 17.1 Å². The Morgan fingerprint density at radius 3 is 2.54 bits per heavy atom. The lowest BCUT2D eigenvalue weighted by Crippen LogP contribution is -2.17. The van der Waals surface area contributed by atoms with Gasteiger partial charge in [-0.05, 0) is 43.3 Å². The molecule has 0 N–H and O–H groups in total. The van der Waals surface area contributed by atoms with Gasteiger partial charge in [-0.3, -0.25) is 4.79 Å². The molecule has 1 aromatic heterocycles. The number of para-hydroxylation sites is 1. The molecule has 26 heavy (non-hydrogen) atoms. The standard InChI is InChI=1S/C18H17FN2O3S2/c1-2-21-15-5-3-4-6-16(15)25-18(21)20-17(22)11-12-26(23,24)14-9-7-13(19)8-10-14/h3-10H,2,11-12H2,1H3. The Kier molecular flexibility index (Phi) is 5.33. The molecular weight excluding hydrogens is 375 g/mol. The summed E-state index contributed by atoms with van der Waals surface area (Å²) >= 11 is 1.39. The minimum Gasteiger partial charge on any atom is -0.317 e. The first-order chi connectivity index (χ1) is 12.4. The molecule has 0 bridgehead atoms. The van der Waals surface area contributed by atoms with Gasteiger partial charge in [0.05, 0.1) is 20.9 Å².